The van der Waals surface area contributed by atoms with Gasteiger partial charge in [-0.25, -0.2) is 0 Å². The molecular formula is C18H16ClNO3. The summed E-state index contributed by atoms with van der Waals surface area (Å²) in [6.45, 7) is 1.42. The molecule has 0 aliphatic carbocycles. The number of benzene rings is 2. The third-order valence-corrected chi connectivity index (χ3v) is 3.61. The van der Waals surface area contributed by atoms with Gasteiger partial charge in [-0.05, 0) is 36.4 Å². The first-order valence-electron chi connectivity index (χ1n) is 7.16. The quantitative estimate of drug-likeness (QED) is 0.810. The average molecular weight is 330 g/mol. The van der Waals surface area contributed by atoms with E-state index in [4.69, 9.17) is 11.6 Å². The molecule has 0 bridgehead atoms. The molecule has 0 aliphatic rings. The SMILES string of the molecule is CC(=O)Nc1ccc(C(=O)CCC(=O)c2ccccc2Cl)cc1. The molecule has 5 heteroatoms. The molecule has 2 rings (SSSR count). The molecule has 1 amide bonds. The highest BCUT2D eigenvalue weighted by molar-refractivity contribution is 6.34. The Labute approximate surface area is 139 Å². The van der Waals surface area contributed by atoms with Gasteiger partial charge in [0, 0.05) is 36.6 Å². The van der Waals surface area contributed by atoms with E-state index in [-0.39, 0.29) is 30.3 Å². The second-order valence-electron chi connectivity index (χ2n) is 5.08. The van der Waals surface area contributed by atoms with Crippen LogP contribution in [0.5, 0.6) is 0 Å². The summed E-state index contributed by atoms with van der Waals surface area (Å²) in [5, 5.41) is 3.02. The lowest BCUT2D eigenvalue weighted by molar-refractivity contribution is -0.114. The summed E-state index contributed by atoms with van der Waals surface area (Å²) in [7, 11) is 0. The minimum atomic E-state index is -0.172. The molecule has 1 N–H and O–H groups in total. The third-order valence-electron chi connectivity index (χ3n) is 3.28. The highest BCUT2D eigenvalue weighted by atomic mass is 35.5. The molecule has 0 atom stereocenters. The monoisotopic (exact) mass is 329 g/mol. The summed E-state index contributed by atoms with van der Waals surface area (Å²) in [6.07, 6.45) is 0.222. The maximum absolute atomic E-state index is 12.1. The van der Waals surface area contributed by atoms with Crippen molar-refractivity contribution in [1.82, 2.24) is 0 Å². The second kappa shape index (κ2) is 7.70. The lowest BCUT2D eigenvalue weighted by Gasteiger charge is -2.05. The van der Waals surface area contributed by atoms with Crippen LogP contribution >= 0.6 is 11.6 Å². The predicted octanol–water partition coefficient (Wildman–Crippen LogP) is 4.14. The maximum Gasteiger partial charge on any atom is 0.221 e. The molecule has 2 aromatic carbocycles. The summed E-state index contributed by atoms with van der Waals surface area (Å²) < 4.78 is 0. The van der Waals surface area contributed by atoms with Crippen LogP contribution in [0.3, 0.4) is 0 Å². The van der Waals surface area contributed by atoms with Gasteiger partial charge in [-0.2, -0.15) is 0 Å². The van der Waals surface area contributed by atoms with Crippen molar-refractivity contribution < 1.29 is 14.4 Å². The van der Waals surface area contributed by atoms with Gasteiger partial charge >= 0.3 is 0 Å². The lowest BCUT2D eigenvalue weighted by atomic mass is 10.0. The molecule has 118 valence electrons. The van der Waals surface area contributed by atoms with Crippen molar-refractivity contribution in [1.29, 1.82) is 0 Å². The second-order valence-corrected chi connectivity index (χ2v) is 5.49. The molecule has 0 heterocycles. The van der Waals surface area contributed by atoms with E-state index < -0.39 is 0 Å². The topological polar surface area (TPSA) is 63.2 Å². The zero-order chi connectivity index (χ0) is 16.8. The van der Waals surface area contributed by atoms with Gasteiger partial charge in [-0.15, -0.1) is 0 Å². The number of hydrogen-bond acceptors (Lipinski definition) is 3. The number of carbonyl (C=O) groups excluding carboxylic acids is 3. The summed E-state index contributed by atoms with van der Waals surface area (Å²) in [6, 6.07) is 13.4. The van der Waals surface area contributed by atoms with Gasteiger partial charge in [0.25, 0.3) is 0 Å². The van der Waals surface area contributed by atoms with Crippen LogP contribution in [-0.4, -0.2) is 17.5 Å². The molecule has 0 aliphatic heterocycles. The number of halogens is 1. The van der Waals surface area contributed by atoms with Crippen LogP contribution in [0.15, 0.2) is 48.5 Å². The normalized spacial score (nSPS) is 10.2. The Balaban J connectivity index is 1.95. The first-order chi connectivity index (χ1) is 11.0. The van der Waals surface area contributed by atoms with Crippen LogP contribution in [0.25, 0.3) is 0 Å². The molecule has 0 unspecified atom stereocenters. The summed E-state index contributed by atoms with van der Waals surface area (Å²) in [5.41, 5.74) is 1.57. The largest absolute Gasteiger partial charge is 0.326 e. The van der Waals surface area contributed by atoms with Gasteiger partial charge in [0.2, 0.25) is 5.91 Å². The van der Waals surface area contributed by atoms with Crippen LogP contribution in [0.2, 0.25) is 5.02 Å². The molecule has 0 saturated heterocycles. The minimum Gasteiger partial charge on any atom is -0.326 e. The highest BCUT2D eigenvalue weighted by Gasteiger charge is 2.13. The van der Waals surface area contributed by atoms with Crippen molar-refractivity contribution >= 4 is 34.8 Å². The maximum atomic E-state index is 12.1. The van der Waals surface area contributed by atoms with Crippen LogP contribution in [0, 0.1) is 0 Å². The van der Waals surface area contributed by atoms with E-state index in [0.29, 0.717) is 21.8 Å². The van der Waals surface area contributed by atoms with E-state index in [2.05, 4.69) is 5.32 Å². The van der Waals surface area contributed by atoms with Crippen LogP contribution in [-0.2, 0) is 4.79 Å². The third kappa shape index (κ3) is 4.76. The standard InChI is InChI=1S/C18H16ClNO3/c1-12(21)20-14-8-6-13(7-9-14)17(22)10-11-18(23)15-4-2-3-5-16(15)19/h2-9H,10-11H2,1H3,(H,20,21). The predicted molar refractivity (Wildman–Crippen MR) is 90.1 cm³/mol. The van der Waals surface area contributed by atoms with Crippen LogP contribution in [0.1, 0.15) is 40.5 Å². The molecule has 0 spiro atoms. The Bertz CT molecular complexity index is 738. The highest BCUT2D eigenvalue weighted by Crippen LogP contribution is 2.18. The smallest absolute Gasteiger partial charge is 0.221 e. The fourth-order valence-electron chi connectivity index (χ4n) is 2.14. The minimum absolute atomic E-state index is 0.107. The van der Waals surface area contributed by atoms with E-state index >= 15 is 0 Å². The number of carbonyl (C=O) groups is 3. The fourth-order valence-corrected chi connectivity index (χ4v) is 2.38. The van der Waals surface area contributed by atoms with Crippen molar-refractivity contribution in [3.63, 3.8) is 0 Å². The number of Topliss-reactive ketones (excluding diaryl/α,β-unsaturated/α-hetero) is 2. The number of ketones is 2. The Hall–Kier alpha value is -2.46. The lowest BCUT2D eigenvalue weighted by Crippen LogP contribution is -2.07. The van der Waals surface area contributed by atoms with E-state index in [1.165, 1.54) is 6.92 Å². The first kappa shape index (κ1) is 16.9. The fraction of sp³-hybridized carbons (Fsp3) is 0.167. The van der Waals surface area contributed by atoms with Crippen molar-refractivity contribution in [2.75, 3.05) is 5.32 Å². The molecule has 0 fully saturated rings. The molecule has 23 heavy (non-hydrogen) atoms. The van der Waals surface area contributed by atoms with Gasteiger partial charge in [0.15, 0.2) is 11.6 Å². The van der Waals surface area contributed by atoms with Crippen molar-refractivity contribution in [2.45, 2.75) is 19.8 Å². The van der Waals surface area contributed by atoms with Crippen molar-refractivity contribution in [3.8, 4) is 0 Å². The van der Waals surface area contributed by atoms with Gasteiger partial charge in [0.05, 0.1) is 5.02 Å². The number of hydrogen-bond donors (Lipinski definition) is 1. The van der Waals surface area contributed by atoms with E-state index in [9.17, 15) is 14.4 Å². The van der Waals surface area contributed by atoms with E-state index in [0.717, 1.165) is 0 Å². The first-order valence-corrected chi connectivity index (χ1v) is 7.54. The van der Waals surface area contributed by atoms with Crippen LogP contribution < -0.4 is 5.32 Å². The van der Waals surface area contributed by atoms with E-state index in [1.54, 1.807) is 48.5 Å². The van der Waals surface area contributed by atoms with Crippen molar-refractivity contribution in [2.24, 2.45) is 0 Å². The Morgan fingerprint density at radius 3 is 2.13 bits per heavy atom. The average Bonchev–Trinajstić information content (AvgIpc) is 2.53. The molecule has 4 nitrogen and oxygen atoms in total. The Morgan fingerprint density at radius 1 is 0.913 bits per heavy atom. The van der Waals surface area contributed by atoms with Gasteiger partial charge in [-0.3, -0.25) is 14.4 Å². The van der Waals surface area contributed by atoms with Gasteiger partial charge in [0.1, 0.15) is 0 Å². The zero-order valence-corrected chi connectivity index (χ0v) is 13.4. The van der Waals surface area contributed by atoms with Crippen LogP contribution in [0.4, 0.5) is 5.69 Å². The van der Waals surface area contributed by atoms with Gasteiger partial charge < -0.3 is 5.32 Å². The van der Waals surface area contributed by atoms with E-state index in [1.807, 2.05) is 0 Å². The molecule has 0 aromatic heterocycles. The number of nitrogens with one attached hydrogen (secondary N) is 1. The number of amides is 1. The summed E-state index contributed by atoms with van der Waals surface area (Å²) in [4.78, 5) is 35.2. The molecular weight excluding hydrogens is 314 g/mol. The Kier molecular flexibility index (Phi) is 5.66. The van der Waals surface area contributed by atoms with Gasteiger partial charge in [-0.1, -0.05) is 23.7 Å². The summed E-state index contributed by atoms with van der Waals surface area (Å²) >= 11 is 5.97. The number of rotatable bonds is 6. The summed E-state index contributed by atoms with van der Waals surface area (Å²) in [5.74, 6) is -0.451. The molecule has 2 aromatic rings. The Morgan fingerprint density at radius 2 is 1.52 bits per heavy atom. The zero-order valence-electron chi connectivity index (χ0n) is 12.6. The van der Waals surface area contributed by atoms with Crippen molar-refractivity contribution in [3.05, 3.63) is 64.7 Å². The molecule has 0 saturated carbocycles. The number of anilines is 1. The molecule has 0 radical (unpaired) electrons.